The molecule has 98 heavy (non-hydrogen) atoms. The highest BCUT2D eigenvalue weighted by Gasteiger charge is 2.41. The summed E-state index contributed by atoms with van der Waals surface area (Å²) < 4.78 is 65.3. The third-order valence-corrected chi connectivity index (χ3v) is 26.1. The number of allylic oxidation sites excluding steroid dienone is 6. The van der Waals surface area contributed by atoms with Crippen molar-refractivity contribution in [2.45, 2.75) is 102 Å². The van der Waals surface area contributed by atoms with Gasteiger partial charge in [-0.3, -0.25) is 19.4 Å². The summed E-state index contributed by atoms with van der Waals surface area (Å²) in [4.78, 5) is 32.5. The van der Waals surface area contributed by atoms with E-state index in [2.05, 4.69) is 172 Å². The number of sulfonamides is 2. The first-order valence-corrected chi connectivity index (χ1v) is 38.9. The molecule has 0 aromatic heterocycles. The van der Waals surface area contributed by atoms with Gasteiger partial charge in [-0.1, -0.05) is 80.8 Å². The van der Waals surface area contributed by atoms with Crippen molar-refractivity contribution in [3.63, 3.8) is 0 Å². The van der Waals surface area contributed by atoms with E-state index in [1.54, 1.807) is 26.0 Å². The largest absolute Gasteiger partial charge is 0.569 e. The lowest BCUT2D eigenvalue weighted by atomic mass is 9.77. The van der Waals surface area contributed by atoms with Crippen LogP contribution >= 0.6 is 0 Å². The van der Waals surface area contributed by atoms with E-state index in [9.17, 15) is 41.5 Å². The highest BCUT2D eigenvalue weighted by molar-refractivity contribution is 7.89. The van der Waals surface area contributed by atoms with Gasteiger partial charge in [-0.05, 0) is 218 Å². The summed E-state index contributed by atoms with van der Waals surface area (Å²) in [5.41, 5.74) is 15.0. The number of amides is 1. The summed E-state index contributed by atoms with van der Waals surface area (Å²) in [6.45, 7) is 22.3. The van der Waals surface area contributed by atoms with E-state index >= 15 is 0 Å². The Morgan fingerprint density at radius 1 is 0.653 bits per heavy atom. The van der Waals surface area contributed by atoms with Gasteiger partial charge >= 0.3 is 14.8 Å². The van der Waals surface area contributed by atoms with Gasteiger partial charge in [0.15, 0.2) is 11.5 Å². The Bertz CT molecular complexity index is 4690. The lowest BCUT2D eigenvalue weighted by molar-refractivity contribution is -0.462. The van der Waals surface area contributed by atoms with Gasteiger partial charge in [0.1, 0.15) is 27.9 Å². The number of carbonyl (C=O) groups excluding carboxylic acids is 2. The second kappa shape index (κ2) is 30.7. The van der Waals surface area contributed by atoms with E-state index in [1.807, 2.05) is 12.1 Å². The fourth-order valence-corrected chi connectivity index (χ4v) is 18.4. The molecule has 513 valence electrons. The van der Waals surface area contributed by atoms with Crippen molar-refractivity contribution in [2.24, 2.45) is 0 Å². The zero-order valence-corrected chi connectivity index (χ0v) is 61.8. The SMILES string of the molecule is C=C(C)C(=O)CCCCN(Cc1cc(S(=O)(=O)N(C)C)ccc1O[B]O)Cc1c2ccccc2c(CN(CCCNC(=O)C(=C)C)Cc2cc(S(=O)(=O)N(C)C)ccc2B(O)O)c2ccc(-c3cc(C4=C5C=CC(=[N+](C)C)C=C5[Si](C)(C)c5cc(N(C)C)ccc54)c(C)cc3C)cc12. The number of Topliss-reactive ketones (excluding diaryl/α,β-unsaturated/α-hetero) is 1. The Balaban J connectivity index is 1.31. The van der Waals surface area contributed by atoms with Crippen LogP contribution in [0.2, 0.25) is 13.1 Å². The van der Waals surface area contributed by atoms with Gasteiger partial charge in [-0.25, -0.2) is 30.0 Å². The predicted octanol–water partition coefficient (Wildman–Crippen LogP) is 9.31. The number of hydrogen-bond donors (Lipinski definition) is 4. The van der Waals surface area contributed by atoms with E-state index < -0.39 is 35.2 Å². The summed E-state index contributed by atoms with van der Waals surface area (Å²) >= 11 is 0. The zero-order valence-electron chi connectivity index (χ0n) is 59.2. The quantitative estimate of drug-likeness (QED) is 0.0114. The van der Waals surface area contributed by atoms with E-state index in [-0.39, 0.29) is 52.3 Å². The molecule has 2 aliphatic rings. The molecule has 0 saturated carbocycles. The summed E-state index contributed by atoms with van der Waals surface area (Å²) in [6, 6.07) is 35.3. The van der Waals surface area contributed by atoms with Gasteiger partial charge in [-0.15, -0.1) is 0 Å². The molecule has 22 heteroatoms. The van der Waals surface area contributed by atoms with Crippen LogP contribution in [0.4, 0.5) is 5.69 Å². The number of unbranched alkanes of at least 4 members (excludes halogenated alkanes) is 1. The standard InChI is InChI=1S/C76H92B2N7O10S2Si/c1-49(2)71(86)24-19-20-36-84(46-55-40-59(97(93,94)83(13)14)29-34-72(55)95-77-88)48-69-61-23-18-17-22-60(61)68(47-85(37-21-35-79-76(87)50(3)4)45-54-39-58(96(91,92)82(11)12)28-33-70(54)78(89)90)62-30-25-53(41-67(62)69)65-44-66(52(6)38-51(65)5)75-63-31-26-56(80(7)8)42-73(63)98(15,16)74-43-57(81(9)10)27-32-64(74)75/h17-18,22-23,25-34,38-44,88-90H,1,3,19-21,24,35-37,45-48H2,2,4-16H3/p+1. The maximum atomic E-state index is 13.8. The fraction of sp³-hybridized carbons (Fsp3) is 0.329. The summed E-state index contributed by atoms with van der Waals surface area (Å²) in [7, 11) is 2.64. The van der Waals surface area contributed by atoms with Gasteiger partial charge < -0.3 is 29.9 Å². The van der Waals surface area contributed by atoms with Crippen LogP contribution in [-0.2, 0) is 55.8 Å². The van der Waals surface area contributed by atoms with Crippen molar-refractivity contribution in [1.82, 2.24) is 23.7 Å². The average molecular weight is 1380 g/mol. The number of aryl methyl sites for hydroxylation is 2. The molecule has 1 heterocycles. The number of ketones is 1. The lowest BCUT2D eigenvalue weighted by Gasteiger charge is -2.38. The van der Waals surface area contributed by atoms with Crippen molar-refractivity contribution in [3.8, 4) is 16.9 Å². The second-order valence-corrected chi connectivity index (χ2v) is 35.9. The molecule has 9 rings (SSSR count). The molecule has 0 bridgehead atoms. The summed E-state index contributed by atoms with van der Waals surface area (Å²) in [5, 5.41) is 41.3. The number of nitrogens with one attached hydrogen (secondary N) is 1. The van der Waals surface area contributed by atoms with Gasteiger partial charge in [0.25, 0.3) is 0 Å². The Morgan fingerprint density at radius 2 is 1.24 bits per heavy atom. The number of anilines is 1. The third kappa shape index (κ3) is 15.9. The molecular weight excluding hydrogens is 1280 g/mol. The van der Waals surface area contributed by atoms with Crippen LogP contribution in [-0.4, -0.2) is 171 Å². The smallest absolute Gasteiger partial charge is 0.537 e. The van der Waals surface area contributed by atoms with E-state index in [0.717, 1.165) is 80.5 Å². The van der Waals surface area contributed by atoms with Crippen LogP contribution in [0.1, 0.15) is 84.0 Å². The monoisotopic (exact) mass is 1380 g/mol. The lowest BCUT2D eigenvalue weighted by Crippen LogP contribution is -2.49. The summed E-state index contributed by atoms with van der Waals surface area (Å²) in [6.07, 6.45) is 8.81. The number of benzene rings is 7. The first-order valence-electron chi connectivity index (χ1n) is 33.0. The molecule has 0 unspecified atom stereocenters. The van der Waals surface area contributed by atoms with E-state index in [4.69, 9.17) is 4.65 Å². The van der Waals surface area contributed by atoms with Crippen molar-refractivity contribution >= 4 is 104 Å². The minimum Gasteiger partial charge on any atom is -0.537 e. The average Bonchev–Trinajstić information content (AvgIpc) is 0.716. The highest BCUT2D eigenvalue weighted by Crippen LogP contribution is 2.45. The normalized spacial score (nSPS) is 13.7. The molecule has 4 N–H and O–H groups in total. The predicted molar refractivity (Wildman–Crippen MR) is 402 cm³/mol. The molecule has 1 amide bonds. The topological polar surface area (TPSA) is 204 Å². The third-order valence-electron chi connectivity index (χ3n) is 19.0. The molecule has 1 radical (unpaired) electrons. The summed E-state index contributed by atoms with van der Waals surface area (Å²) in [5.74, 6) is -0.0512. The van der Waals surface area contributed by atoms with Gasteiger partial charge in [0.05, 0.1) is 9.79 Å². The Kier molecular flexibility index (Phi) is 23.3. The molecule has 7 aromatic carbocycles. The van der Waals surface area contributed by atoms with Crippen molar-refractivity contribution in [1.29, 1.82) is 0 Å². The number of hydrogen-bond acceptors (Lipinski definition) is 13. The number of rotatable bonds is 29. The molecule has 0 spiro atoms. The van der Waals surface area contributed by atoms with Crippen LogP contribution in [0.5, 0.6) is 5.75 Å². The number of nitrogens with zero attached hydrogens (tertiary/aromatic N) is 6. The minimum atomic E-state index is -3.96. The zero-order chi connectivity index (χ0) is 71.5. The molecule has 1 aliphatic carbocycles. The molecule has 0 saturated heterocycles. The first kappa shape index (κ1) is 74.4. The number of fused-ring (bicyclic) bond motifs is 4. The highest BCUT2D eigenvalue weighted by atomic mass is 32.2. The molecular formula is C76H93B2N7O10S2Si+. The van der Waals surface area contributed by atoms with Crippen LogP contribution < -0.4 is 25.5 Å². The molecule has 7 aromatic rings. The Morgan fingerprint density at radius 3 is 1.84 bits per heavy atom. The van der Waals surface area contributed by atoms with Gasteiger partial charge in [0.2, 0.25) is 26.0 Å². The van der Waals surface area contributed by atoms with E-state index in [0.29, 0.717) is 81.8 Å². The fourth-order valence-electron chi connectivity index (χ4n) is 13.4. The maximum Gasteiger partial charge on any atom is 0.569 e. The van der Waals surface area contributed by atoms with Crippen molar-refractivity contribution < 1.29 is 50.7 Å². The van der Waals surface area contributed by atoms with E-state index in [1.165, 1.54) is 79.5 Å². The minimum absolute atomic E-state index is 0.0120. The van der Waals surface area contributed by atoms with Crippen LogP contribution in [0.3, 0.4) is 0 Å². The van der Waals surface area contributed by atoms with Gasteiger partial charge in [0, 0.05) is 117 Å². The van der Waals surface area contributed by atoms with Crippen LogP contribution in [0.25, 0.3) is 38.2 Å². The van der Waals surface area contributed by atoms with Gasteiger partial charge in [-0.2, -0.15) is 0 Å². The molecule has 0 fully saturated rings. The van der Waals surface area contributed by atoms with Crippen LogP contribution in [0, 0.1) is 13.8 Å². The van der Waals surface area contributed by atoms with Crippen molar-refractivity contribution in [2.75, 3.05) is 80.9 Å². The molecule has 0 atom stereocenters. The maximum absolute atomic E-state index is 13.8. The molecule has 17 nitrogen and oxygen atoms in total. The first-order chi connectivity index (χ1) is 46.3. The molecule has 1 aliphatic heterocycles. The second-order valence-electron chi connectivity index (χ2n) is 27.3. The Labute approximate surface area is 582 Å². The van der Waals surface area contributed by atoms with Crippen LogP contribution in [0.15, 0.2) is 172 Å². The van der Waals surface area contributed by atoms with Crippen molar-refractivity contribution in [3.05, 3.63) is 207 Å². The Hall–Kier alpha value is -7.86. The number of carbonyl (C=O) groups is 2.